The van der Waals surface area contributed by atoms with Crippen LogP contribution in [0.25, 0.3) is 22.6 Å². The number of phenols is 2. The minimum Gasteiger partial charge on any atom is -0.508 e. The summed E-state index contributed by atoms with van der Waals surface area (Å²) in [6, 6.07) is 13.8. The number of rotatable bonds is 3. The van der Waals surface area contributed by atoms with Gasteiger partial charge in [-0.05, 0) is 42.8 Å². The standard InChI is InChI=1S/C17H15NO3/c1-2-15-16(11-6-8-13(19)9-7-11)18-21-17(15)12-4-3-5-14(20)10-12/h3-10,19-20H,2H2,1H3. The van der Waals surface area contributed by atoms with Gasteiger partial charge in [0.05, 0.1) is 0 Å². The highest BCUT2D eigenvalue weighted by Gasteiger charge is 2.17. The van der Waals surface area contributed by atoms with E-state index in [0.29, 0.717) is 5.76 Å². The van der Waals surface area contributed by atoms with Gasteiger partial charge >= 0.3 is 0 Å². The molecule has 3 aromatic rings. The molecule has 0 aliphatic carbocycles. The van der Waals surface area contributed by atoms with E-state index in [4.69, 9.17) is 4.52 Å². The average Bonchev–Trinajstić information content (AvgIpc) is 2.92. The Morgan fingerprint density at radius 2 is 1.71 bits per heavy atom. The fraction of sp³-hybridized carbons (Fsp3) is 0.118. The van der Waals surface area contributed by atoms with Crippen LogP contribution in [0.15, 0.2) is 53.1 Å². The minimum atomic E-state index is 0.192. The second-order valence-electron chi connectivity index (χ2n) is 4.79. The lowest BCUT2D eigenvalue weighted by Gasteiger charge is -2.02. The van der Waals surface area contributed by atoms with Crippen molar-refractivity contribution in [1.82, 2.24) is 5.16 Å². The molecule has 0 aliphatic heterocycles. The molecule has 0 bridgehead atoms. The van der Waals surface area contributed by atoms with Crippen molar-refractivity contribution < 1.29 is 14.7 Å². The fourth-order valence-electron chi connectivity index (χ4n) is 2.36. The second kappa shape index (κ2) is 5.32. The van der Waals surface area contributed by atoms with E-state index in [9.17, 15) is 10.2 Å². The molecule has 0 fully saturated rings. The van der Waals surface area contributed by atoms with Gasteiger partial charge < -0.3 is 14.7 Å². The first-order chi connectivity index (χ1) is 10.2. The lowest BCUT2D eigenvalue weighted by Crippen LogP contribution is -1.87. The van der Waals surface area contributed by atoms with Crippen LogP contribution < -0.4 is 0 Å². The van der Waals surface area contributed by atoms with Crippen LogP contribution in [0.5, 0.6) is 11.5 Å². The second-order valence-corrected chi connectivity index (χ2v) is 4.79. The lowest BCUT2D eigenvalue weighted by molar-refractivity contribution is 0.433. The van der Waals surface area contributed by atoms with Crippen molar-refractivity contribution in [1.29, 1.82) is 0 Å². The van der Waals surface area contributed by atoms with Crippen LogP contribution >= 0.6 is 0 Å². The molecule has 0 aliphatic rings. The van der Waals surface area contributed by atoms with Gasteiger partial charge in [0.25, 0.3) is 0 Å². The van der Waals surface area contributed by atoms with Crippen molar-refractivity contribution in [3.63, 3.8) is 0 Å². The molecule has 3 rings (SSSR count). The van der Waals surface area contributed by atoms with Crippen LogP contribution in [0.2, 0.25) is 0 Å². The Balaban J connectivity index is 2.11. The third-order valence-corrected chi connectivity index (χ3v) is 3.39. The zero-order chi connectivity index (χ0) is 14.8. The molecule has 0 saturated carbocycles. The van der Waals surface area contributed by atoms with Crippen LogP contribution in [-0.2, 0) is 6.42 Å². The summed E-state index contributed by atoms with van der Waals surface area (Å²) in [5.41, 5.74) is 3.42. The van der Waals surface area contributed by atoms with Crippen LogP contribution in [0.4, 0.5) is 0 Å². The Morgan fingerprint density at radius 3 is 2.38 bits per heavy atom. The Hall–Kier alpha value is -2.75. The predicted molar refractivity (Wildman–Crippen MR) is 80.1 cm³/mol. The van der Waals surface area contributed by atoms with E-state index in [1.165, 1.54) is 0 Å². The van der Waals surface area contributed by atoms with Crippen LogP contribution in [0.1, 0.15) is 12.5 Å². The molecule has 1 heterocycles. The number of aromatic nitrogens is 1. The summed E-state index contributed by atoms with van der Waals surface area (Å²) in [4.78, 5) is 0. The molecule has 4 nitrogen and oxygen atoms in total. The maximum Gasteiger partial charge on any atom is 0.170 e. The Labute approximate surface area is 122 Å². The van der Waals surface area contributed by atoms with Crippen molar-refractivity contribution in [2.45, 2.75) is 13.3 Å². The molecular weight excluding hydrogens is 266 g/mol. The summed E-state index contributed by atoms with van der Waals surface area (Å²) >= 11 is 0. The van der Waals surface area contributed by atoms with Crippen molar-refractivity contribution in [2.24, 2.45) is 0 Å². The lowest BCUT2D eigenvalue weighted by atomic mass is 10.0. The highest BCUT2D eigenvalue weighted by molar-refractivity contribution is 5.73. The topological polar surface area (TPSA) is 66.5 Å². The number of aromatic hydroxyl groups is 2. The van der Waals surface area contributed by atoms with E-state index in [0.717, 1.165) is 28.8 Å². The maximum absolute atomic E-state index is 9.60. The van der Waals surface area contributed by atoms with Gasteiger partial charge in [0.2, 0.25) is 0 Å². The molecular formula is C17H15NO3. The minimum absolute atomic E-state index is 0.192. The van der Waals surface area contributed by atoms with Crippen molar-refractivity contribution >= 4 is 0 Å². The highest BCUT2D eigenvalue weighted by atomic mass is 16.5. The molecule has 1 aromatic heterocycles. The molecule has 2 aromatic carbocycles. The summed E-state index contributed by atoms with van der Waals surface area (Å²) in [7, 11) is 0. The average molecular weight is 281 g/mol. The SMILES string of the molecule is CCc1c(-c2ccc(O)cc2)noc1-c1cccc(O)c1. The normalized spacial score (nSPS) is 10.7. The number of hydrogen-bond acceptors (Lipinski definition) is 4. The van der Waals surface area contributed by atoms with Crippen LogP contribution in [0.3, 0.4) is 0 Å². The van der Waals surface area contributed by atoms with E-state index in [2.05, 4.69) is 5.16 Å². The first-order valence-electron chi connectivity index (χ1n) is 6.76. The summed E-state index contributed by atoms with van der Waals surface area (Å²) in [6.45, 7) is 2.03. The first-order valence-corrected chi connectivity index (χ1v) is 6.76. The number of benzene rings is 2. The maximum atomic E-state index is 9.60. The molecule has 106 valence electrons. The van der Waals surface area contributed by atoms with Gasteiger partial charge in [-0.15, -0.1) is 0 Å². The van der Waals surface area contributed by atoms with Crippen molar-refractivity contribution in [3.05, 3.63) is 54.1 Å². The number of nitrogens with zero attached hydrogens (tertiary/aromatic N) is 1. The van der Waals surface area contributed by atoms with Gasteiger partial charge in [-0.1, -0.05) is 24.2 Å². The molecule has 0 atom stereocenters. The third-order valence-electron chi connectivity index (χ3n) is 3.39. The van der Waals surface area contributed by atoms with E-state index in [1.807, 2.05) is 13.0 Å². The Bertz CT molecular complexity index is 760. The van der Waals surface area contributed by atoms with Gasteiger partial charge in [-0.25, -0.2) is 0 Å². The third kappa shape index (κ3) is 2.48. The van der Waals surface area contributed by atoms with Gasteiger partial charge in [0.15, 0.2) is 5.76 Å². The number of phenolic OH excluding ortho intramolecular Hbond substituents is 2. The predicted octanol–water partition coefficient (Wildman–Crippen LogP) is 3.98. The Morgan fingerprint density at radius 1 is 0.952 bits per heavy atom. The molecule has 0 unspecified atom stereocenters. The van der Waals surface area contributed by atoms with Crippen LogP contribution in [0, 0.1) is 0 Å². The molecule has 4 heteroatoms. The largest absolute Gasteiger partial charge is 0.508 e. The molecule has 2 N–H and O–H groups in total. The zero-order valence-electron chi connectivity index (χ0n) is 11.6. The van der Waals surface area contributed by atoms with Crippen molar-refractivity contribution in [2.75, 3.05) is 0 Å². The zero-order valence-corrected chi connectivity index (χ0v) is 11.6. The molecule has 0 saturated heterocycles. The first kappa shape index (κ1) is 13.2. The molecule has 21 heavy (non-hydrogen) atoms. The number of hydrogen-bond donors (Lipinski definition) is 2. The molecule has 0 radical (unpaired) electrons. The summed E-state index contributed by atoms with van der Waals surface area (Å²) in [5.74, 6) is 1.07. The van der Waals surface area contributed by atoms with Gasteiger partial charge in [-0.2, -0.15) is 0 Å². The van der Waals surface area contributed by atoms with E-state index < -0.39 is 0 Å². The summed E-state index contributed by atoms with van der Waals surface area (Å²) in [6.07, 6.45) is 0.755. The van der Waals surface area contributed by atoms with Crippen molar-refractivity contribution in [3.8, 4) is 34.1 Å². The summed E-state index contributed by atoms with van der Waals surface area (Å²) in [5, 5.41) is 23.1. The smallest absolute Gasteiger partial charge is 0.170 e. The van der Waals surface area contributed by atoms with E-state index in [1.54, 1.807) is 42.5 Å². The quantitative estimate of drug-likeness (QED) is 0.762. The van der Waals surface area contributed by atoms with Crippen LogP contribution in [-0.4, -0.2) is 15.4 Å². The molecule has 0 spiro atoms. The molecule has 0 amide bonds. The van der Waals surface area contributed by atoms with Gasteiger partial charge in [-0.3, -0.25) is 0 Å². The van der Waals surface area contributed by atoms with E-state index in [-0.39, 0.29) is 11.5 Å². The summed E-state index contributed by atoms with van der Waals surface area (Å²) < 4.78 is 5.49. The highest BCUT2D eigenvalue weighted by Crippen LogP contribution is 2.34. The van der Waals surface area contributed by atoms with Gasteiger partial charge in [0, 0.05) is 16.7 Å². The monoisotopic (exact) mass is 281 g/mol. The Kier molecular flexibility index (Phi) is 3.36. The fourth-order valence-corrected chi connectivity index (χ4v) is 2.36. The van der Waals surface area contributed by atoms with E-state index >= 15 is 0 Å². The van der Waals surface area contributed by atoms with Gasteiger partial charge in [0.1, 0.15) is 17.2 Å².